The second kappa shape index (κ2) is 5.85. The molecule has 0 radical (unpaired) electrons. The van der Waals surface area contributed by atoms with Crippen LogP contribution in [0.25, 0.3) is 0 Å². The molecule has 1 atom stereocenters. The third kappa shape index (κ3) is 3.31. The summed E-state index contributed by atoms with van der Waals surface area (Å²) >= 11 is 0. The average Bonchev–Trinajstić information content (AvgIpc) is 3.08. The van der Waals surface area contributed by atoms with Crippen LogP contribution in [-0.2, 0) is 28.1 Å². The fourth-order valence-corrected chi connectivity index (χ4v) is 3.88. The average molecular weight is 346 g/mol. The summed E-state index contributed by atoms with van der Waals surface area (Å²) in [4.78, 5) is 29.0. The van der Waals surface area contributed by atoms with E-state index in [1.807, 2.05) is 36.8 Å². The van der Waals surface area contributed by atoms with Gasteiger partial charge in [-0.05, 0) is 41.5 Å². The van der Waals surface area contributed by atoms with Crippen molar-refractivity contribution < 1.29 is 9.59 Å². The zero-order chi connectivity index (χ0) is 18.6. The van der Waals surface area contributed by atoms with Gasteiger partial charge in [0.15, 0.2) is 0 Å². The number of fused-ring (bicyclic) bond motifs is 1. The molecule has 2 aliphatic heterocycles. The van der Waals surface area contributed by atoms with Crippen molar-refractivity contribution in [1.82, 2.24) is 19.6 Å². The van der Waals surface area contributed by atoms with E-state index in [9.17, 15) is 9.59 Å². The van der Waals surface area contributed by atoms with Gasteiger partial charge in [-0.2, -0.15) is 5.10 Å². The minimum atomic E-state index is -0.227. The van der Waals surface area contributed by atoms with Gasteiger partial charge < -0.3 is 9.80 Å². The lowest BCUT2D eigenvalue weighted by atomic mass is 10.0. The molecule has 1 unspecified atom stereocenters. The van der Waals surface area contributed by atoms with E-state index in [2.05, 4.69) is 30.6 Å². The van der Waals surface area contributed by atoms with Crippen molar-refractivity contribution in [1.29, 1.82) is 0 Å². The van der Waals surface area contributed by atoms with Gasteiger partial charge in [0.1, 0.15) is 0 Å². The summed E-state index contributed by atoms with van der Waals surface area (Å²) < 4.78 is 2.07. The van der Waals surface area contributed by atoms with Gasteiger partial charge in [0, 0.05) is 49.3 Å². The molecule has 138 valence electrons. The lowest BCUT2D eigenvalue weighted by molar-refractivity contribution is -0.136. The Labute approximate surface area is 150 Å². The Hall–Kier alpha value is -1.85. The van der Waals surface area contributed by atoms with E-state index < -0.39 is 0 Å². The number of likely N-dealkylation sites (tertiary alicyclic amines) is 1. The van der Waals surface area contributed by atoms with Crippen LogP contribution >= 0.6 is 0 Å². The lowest BCUT2D eigenvalue weighted by Crippen LogP contribution is -2.44. The molecule has 1 saturated heterocycles. The zero-order valence-corrected chi connectivity index (χ0v) is 16.3. The number of rotatable bonds is 1. The van der Waals surface area contributed by atoms with Gasteiger partial charge in [0.25, 0.3) is 0 Å². The summed E-state index contributed by atoms with van der Waals surface area (Å²) in [5.74, 6) is -0.0238. The first-order valence-corrected chi connectivity index (χ1v) is 9.14. The Morgan fingerprint density at radius 3 is 2.40 bits per heavy atom. The third-order valence-corrected chi connectivity index (χ3v) is 5.17. The zero-order valence-electron chi connectivity index (χ0n) is 16.3. The number of amides is 2. The Balaban J connectivity index is 1.72. The van der Waals surface area contributed by atoms with E-state index in [0.717, 1.165) is 12.0 Å². The number of aromatic nitrogens is 2. The fourth-order valence-electron chi connectivity index (χ4n) is 3.88. The predicted octanol–water partition coefficient (Wildman–Crippen LogP) is 2.17. The van der Waals surface area contributed by atoms with Crippen molar-refractivity contribution in [3.8, 4) is 0 Å². The quantitative estimate of drug-likeness (QED) is 0.783. The van der Waals surface area contributed by atoms with E-state index in [1.54, 1.807) is 0 Å². The monoisotopic (exact) mass is 346 g/mol. The van der Waals surface area contributed by atoms with Gasteiger partial charge in [-0.15, -0.1) is 0 Å². The summed E-state index contributed by atoms with van der Waals surface area (Å²) in [5, 5.41) is 4.53. The van der Waals surface area contributed by atoms with Crippen LogP contribution in [0.1, 0.15) is 59.2 Å². The summed E-state index contributed by atoms with van der Waals surface area (Å²) in [7, 11) is 0. The molecular formula is C19H30N4O2. The lowest BCUT2D eigenvalue weighted by Gasteiger charge is -2.33. The molecule has 1 aromatic heterocycles. The Morgan fingerprint density at radius 1 is 1.16 bits per heavy atom. The highest BCUT2D eigenvalue weighted by Gasteiger charge is 2.41. The van der Waals surface area contributed by atoms with Gasteiger partial charge in [-0.3, -0.25) is 14.3 Å². The summed E-state index contributed by atoms with van der Waals surface area (Å²) in [6.07, 6.45) is 3.05. The van der Waals surface area contributed by atoms with Crippen LogP contribution in [-0.4, -0.2) is 50.0 Å². The number of nitrogens with zero attached hydrogens (tertiary/aromatic N) is 4. The Kier molecular flexibility index (Phi) is 4.20. The molecule has 0 spiro atoms. The molecule has 2 aliphatic rings. The van der Waals surface area contributed by atoms with Crippen LogP contribution in [0.2, 0.25) is 0 Å². The van der Waals surface area contributed by atoms with Crippen LogP contribution in [0.3, 0.4) is 0 Å². The highest BCUT2D eigenvalue weighted by atomic mass is 16.2. The number of carbonyl (C=O) groups excluding carboxylic acids is 2. The molecule has 6 heteroatoms. The number of hydrogen-bond donors (Lipinski definition) is 0. The first-order valence-electron chi connectivity index (χ1n) is 9.14. The van der Waals surface area contributed by atoms with Gasteiger partial charge in [0.2, 0.25) is 11.8 Å². The fraction of sp³-hybridized carbons (Fsp3) is 0.737. The first kappa shape index (κ1) is 18.0. The second-order valence-electron chi connectivity index (χ2n) is 9.29. The minimum absolute atomic E-state index is 0.0508. The highest BCUT2D eigenvalue weighted by molar-refractivity contribution is 5.89. The number of carbonyl (C=O) groups is 2. The van der Waals surface area contributed by atoms with E-state index >= 15 is 0 Å². The van der Waals surface area contributed by atoms with Crippen molar-refractivity contribution in [3.05, 3.63) is 17.5 Å². The second-order valence-corrected chi connectivity index (χ2v) is 9.29. The van der Waals surface area contributed by atoms with Crippen LogP contribution in [0.5, 0.6) is 0 Å². The highest BCUT2D eigenvalue weighted by Crippen LogP contribution is 2.29. The van der Waals surface area contributed by atoms with Crippen molar-refractivity contribution in [2.24, 2.45) is 5.92 Å². The van der Waals surface area contributed by atoms with Gasteiger partial charge in [-0.1, -0.05) is 0 Å². The van der Waals surface area contributed by atoms with Gasteiger partial charge >= 0.3 is 0 Å². The van der Waals surface area contributed by atoms with Gasteiger partial charge in [-0.25, -0.2) is 0 Å². The molecule has 2 amide bonds. The van der Waals surface area contributed by atoms with Crippen LogP contribution in [0.15, 0.2) is 6.20 Å². The van der Waals surface area contributed by atoms with Crippen molar-refractivity contribution in [2.45, 2.75) is 72.0 Å². The molecule has 0 saturated carbocycles. The molecule has 25 heavy (non-hydrogen) atoms. The molecule has 1 fully saturated rings. The topological polar surface area (TPSA) is 58.4 Å². The summed E-state index contributed by atoms with van der Waals surface area (Å²) in [6.45, 7) is 14.3. The summed E-state index contributed by atoms with van der Waals surface area (Å²) in [5.41, 5.74) is 2.08. The maximum atomic E-state index is 13.0. The van der Waals surface area contributed by atoms with E-state index in [0.29, 0.717) is 26.1 Å². The normalized spacial score (nSPS) is 21.7. The molecule has 0 aromatic carbocycles. The largest absolute Gasteiger partial charge is 0.338 e. The summed E-state index contributed by atoms with van der Waals surface area (Å²) in [6, 6.07) is 0. The molecule has 1 aromatic rings. The maximum Gasteiger partial charge on any atom is 0.228 e. The third-order valence-electron chi connectivity index (χ3n) is 5.17. The number of hydrogen-bond acceptors (Lipinski definition) is 3. The van der Waals surface area contributed by atoms with Crippen molar-refractivity contribution in [3.63, 3.8) is 0 Å². The predicted molar refractivity (Wildman–Crippen MR) is 95.9 cm³/mol. The van der Waals surface area contributed by atoms with Gasteiger partial charge in [0.05, 0.1) is 17.7 Å². The maximum absolute atomic E-state index is 13.0. The smallest absolute Gasteiger partial charge is 0.228 e. The molecule has 6 nitrogen and oxygen atoms in total. The van der Waals surface area contributed by atoms with Crippen LogP contribution < -0.4 is 0 Å². The standard InChI is InChI=1S/C19H30N4O2/c1-18(2,3)22-12-13(9-16(22)24)17(25)21-8-7-15-14(11-21)10-20-23(15)19(4,5)6/h10,13H,7-9,11-12H2,1-6H3. The Morgan fingerprint density at radius 2 is 1.84 bits per heavy atom. The van der Waals surface area contributed by atoms with Crippen molar-refractivity contribution >= 4 is 11.8 Å². The van der Waals surface area contributed by atoms with Crippen LogP contribution in [0.4, 0.5) is 0 Å². The van der Waals surface area contributed by atoms with Crippen molar-refractivity contribution in [2.75, 3.05) is 13.1 Å². The SMILES string of the molecule is CC(C)(C)N1CC(C(=O)N2CCc3c(cnn3C(C)(C)C)C2)CC1=O. The van der Waals surface area contributed by atoms with E-state index in [1.165, 1.54) is 5.69 Å². The molecule has 0 aliphatic carbocycles. The first-order chi connectivity index (χ1) is 11.5. The molecule has 3 rings (SSSR count). The minimum Gasteiger partial charge on any atom is -0.338 e. The molecule has 3 heterocycles. The van der Waals surface area contributed by atoms with Crippen LogP contribution in [0, 0.1) is 5.92 Å². The van der Waals surface area contributed by atoms with E-state index in [-0.39, 0.29) is 28.8 Å². The molecule has 0 N–H and O–H groups in total. The molecular weight excluding hydrogens is 316 g/mol. The van der Waals surface area contributed by atoms with E-state index in [4.69, 9.17) is 0 Å². The Bertz CT molecular complexity index is 693. The molecule has 0 bridgehead atoms.